The zero-order valence-corrected chi connectivity index (χ0v) is 11.6. The zero-order valence-electron chi connectivity index (χ0n) is 11.6. The van der Waals surface area contributed by atoms with E-state index in [2.05, 4.69) is 14.8 Å². The Morgan fingerprint density at radius 3 is 1.37 bits per heavy atom. The molecule has 0 aromatic carbocycles. The van der Waals surface area contributed by atoms with E-state index in [9.17, 15) is 5.53 Å². The van der Waals surface area contributed by atoms with Gasteiger partial charge < -0.3 is 5.53 Å². The molecular weight excluding hydrogens is 236 g/mol. The molecule has 0 saturated carbocycles. The summed E-state index contributed by atoms with van der Waals surface area (Å²) in [5.74, 6) is 0. The fourth-order valence-corrected chi connectivity index (χ4v) is 2.37. The molecule has 4 nitrogen and oxygen atoms in total. The van der Waals surface area contributed by atoms with Crippen LogP contribution < -0.4 is 0 Å². The van der Waals surface area contributed by atoms with Gasteiger partial charge in [0, 0.05) is 24.8 Å². The van der Waals surface area contributed by atoms with Crippen LogP contribution in [0.4, 0.5) is 0 Å². The van der Waals surface area contributed by atoms with Crippen molar-refractivity contribution in [2.24, 2.45) is 0 Å². The van der Waals surface area contributed by atoms with Crippen LogP contribution >= 0.6 is 0 Å². The van der Waals surface area contributed by atoms with Gasteiger partial charge >= 0.3 is 5.71 Å². The summed E-state index contributed by atoms with van der Waals surface area (Å²) in [4.78, 5) is 11.8. The molecule has 2 heterocycles. The molecule has 0 atom stereocenters. The van der Waals surface area contributed by atoms with Gasteiger partial charge in [-0.2, -0.15) is 4.79 Å². The predicted octanol–water partition coefficient (Wildman–Crippen LogP) is 2.78. The lowest BCUT2D eigenvalue weighted by atomic mass is 9.92. The van der Waals surface area contributed by atoms with E-state index < -0.39 is 0 Å². The van der Waals surface area contributed by atoms with Gasteiger partial charge in [-0.25, -0.2) is 0 Å². The lowest BCUT2D eigenvalue weighted by Crippen LogP contribution is -2.13. The maximum absolute atomic E-state index is 9.48. The van der Waals surface area contributed by atoms with Crippen molar-refractivity contribution in [1.82, 2.24) is 9.97 Å². The van der Waals surface area contributed by atoms with Crippen LogP contribution in [-0.2, 0) is 0 Å². The summed E-state index contributed by atoms with van der Waals surface area (Å²) in [5, 5.41) is 0. The average Bonchev–Trinajstić information content (AvgIpc) is 2.36. The molecule has 2 aromatic rings. The number of aromatic nitrogens is 2. The van der Waals surface area contributed by atoms with Crippen LogP contribution in [0, 0.1) is 27.7 Å². The standard InChI is InChI=1S/C15H16N4/c1-9-5-17-6-10(2)13(9)15(19-16)14-11(3)7-18-8-12(14)4/h5-8H,1-4H3. The van der Waals surface area contributed by atoms with Crippen LogP contribution in [0.5, 0.6) is 0 Å². The molecule has 0 aliphatic carbocycles. The van der Waals surface area contributed by atoms with Crippen LogP contribution in [0.1, 0.15) is 33.4 Å². The zero-order chi connectivity index (χ0) is 14.0. The molecule has 0 saturated heterocycles. The second-order valence-corrected chi connectivity index (χ2v) is 4.75. The van der Waals surface area contributed by atoms with Gasteiger partial charge in [0.25, 0.3) is 0 Å². The van der Waals surface area contributed by atoms with Gasteiger partial charge in [0.15, 0.2) is 0 Å². The van der Waals surface area contributed by atoms with Gasteiger partial charge in [0.2, 0.25) is 0 Å². The first-order chi connectivity index (χ1) is 9.06. The molecule has 4 heteroatoms. The number of nitrogens with zero attached hydrogens (tertiary/aromatic N) is 4. The fraction of sp³-hybridized carbons (Fsp3) is 0.267. The third-order valence-electron chi connectivity index (χ3n) is 3.22. The molecular formula is C15H16N4. The maximum atomic E-state index is 9.48. The van der Waals surface area contributed by atoms with E-state index in [-0.39, 0.29) is 0 Å². The molecule has 0 amide bonds. The van der Waals surface area contributed by atoms with Crippen molar-refractivity contribution in [3.8, 4) is 0 Å². The minimum absolute atomic E-state index is 0.579. The van der Waals surface area contributed by atoms with Crippen molar-refractivity contribution in [2.45, 2.75) is 27.7 Å². The Morgan fingerprint density at radius 2 is 1.11 bits per heavy atom. The summed E-state index contributed by atoms with van der Waals surface area (Å²) < 4.78 is 0. The largest absolute Gasteiger partial charge is 0.361 e. The second kappa shape index (κ2) is 5.12. The summed E-state index contributed by atoms with van der Waals surface area (Å²) in [6.07, 6.45) is 7.11. The van der Waals surface area contributed by atoms with Gasteiger partial charge in [-0.05, 0) is 49.9 Å². The van der Waals surface area contributed by atoms with Crippen LogP contribution in [-0.4, -0.2) is 20.5 Å². The van der Waals surface area contributed by atoms with E-state index in [4.69, 9.17) is 0 Å². The van der Waals surface area contributed by atoms with E-state index in [1.54, 1.807) is 24.8 Å². The Hall–Kier alpha value is -2.32. The van der Waals surface area contributed by atoms with Crippen molar-refractivity contribution in [2.75, 3.05) is 0 Å². The van der Waals surface area contributed by atoms with Gasteiger partial charge in [-0.3, -0.25) is 9.97 Å². The SMILES string of the molecule is Cc1cncc(C)c1C(=[N+]=[N-])c1c(C)cncc1C. The Balaban J connectivity index is 2.76. The fourth-order valence-electron chi connectivity index (χ4n) is 2.37. The molecule has 19 heavy (non-hydrogen) atoms. The molecule has 0 aliphatic heterocycles. The number of aryl methyl sites for hydroxylation is 4. The van der Waals surface area contributed by atoms with Crippen molar-refractivity contribution >= 4 is 5.71 Å². The summed E-state index contributed by atoms with van der Waals surface area (Å²) in [5.41, 5.74) is 15.9. The number of pyridine rings is 2. The quantitative estimate of drug-likeness (QED) is 0.468. The third kappa shape index (κ3) is 2.30. The molecule has 0 unspecified atom stereocenters. The second-order valence-electron chi connectivity index (χ2n) is 4.75. The Kier molecular flexibility index (Phi) is 3.54. The third-order valence-corrected chi connectivity index (χ3v) is 3.22. The van der Waals surface area contributed by atoms with Gasteiger partial charge in [-0.1, -0.05) is 0 Å². The van der Waals surface area contributed by atoms with Crippen LogP contribution in [0.2, 0.25) is 0 Å². The molecule has 0 aliphatic rings. The van der Waals surface area contributed by atoms with Crippen LogP contribution in [0.3, 0.4) is 0 Å². The highest BCUT2D eigenvalue weighted by Crippen LogP contribution is 2.20. The molecule has 0 radical (unpaired) electrons. The molecule has 96 valence electrons. The van der Waals surface area contributed by atoms with Gasteiger partial charge in [0.05, 0.1) is 11.1 Å². The highest BCUT2D eigenvalue weighted by Gasteiger charge is 2.24. The van der Waals surface area contributed by atoms with Crippen molar-refractivity contribution in [3.63, 3.8) is 0 Å². The smallest absolute Gasteiger partial charge is 0.330 e. The van der Waals surface area contributed by atoms with E-state index in [0.29, 0.717) is 5.71 Å². The van der Waals surface area contributed by atoms with E-state index in [0.717, 1.165) is 33.4 Å². The Labute approximate surface area is 112 Å². The molecule has 0 N–H and O–H groups in total. The highest BCUT2D eigenvalue weighted by atomic mass is 14.9. The van der Waals surface area contributed by atoms with Crippen molar-refractivity contribution in [1.29, 1.82) is 0 Å². The van der Waals surface area contributed by atoms with E-state index >= 15 is 0 Å². The maximum Gasteiger partial charge on any atom is 0.330 e. The Morgan fingerprint density at radius 1 is 0.789 bits per heavy atom. The number of hydrogen-bond donors (Lipinski definition) is 0. The van der Waals surface area contributed by atoms with Crippen molar-refractivity contribution < 1.29 is 4.79 Å². The topological polar surface area (TPSA) is 62.2 Å². The first-order valence-corrected chi connectivity index (χ1v) is 6.11. The monoisotopic (exact) mass is 252 g/mol. The summed E-state index contributed by atoms with van der Waals surface area (Å²) >= 11 is 0. The van der Waals surface area contributed by atoms with Gasteiger partial charge in [0.1, 0.15) is 0 Å². The van der Waals surface area contributed by atoms with Crippen LogP contribution in [0.15, 0.2) is 24.8 Å². The van der Waals surface area contributed by atoms with E-state index in [1.807, 2.05) is 27.7 Å². The molecule has 0 spiro atoms. The number of hydrogen-bond acceptors (Lipinski definition) is 2. The first-order valence-electron chi connectivity index (χ1n) is 6.11. The normalized spacial score (nSPS) is 10.1. The first kappa shape index (κ1) is 13.1. The van der Waals surface area contributed by atoms with Gasteiger partial charge in [-0.15, -0.1) is 0 Å². The van der Waals surface area contributed by atoms with Crippen molar-refractivity contribution in [3.05, 3.63) is 63.7 Å². The molecule has 2 aromatic heterocycles. The van der Waals surface area contributed by atoms with Crippen LogP contribution in [0.25, 0.3) is 5.53 Å². The lowest BCUT2D eigenvalue weighted by molar-refractivity contribution is -0.00296. The number of rotatable bonds is 2. The minimum atomic E-state index is 0.579. The molecule has 2 rings (SSSR count). The van der Waals surface area contributed by atoms with E-state index in [1.165, 1.54) is 0 Å². The summed E-state index contributed by atoms with van der Waals surface area (Å²) in [6.45, 7) is 7.86. The molecule has 0 bridgehead atoms. The highest BCUT2D eigenvalue weighted by molar-refractivity contribution is 6.12. The lowest BCUT2D eigenvalue weighted by Gasteiger charge is -2.08. The predicted molar refractivity (Wildman–Crippen MR) is 74.3 cm³/mol. The summed E-state index contributed by atoms with van der Waals surface area (Å²) in [7, 11) is 0. The minimum Gasteiger partial charge on any atom is -0.361 e. The summed E-state index contributed by atoms with van der Waals surface area (Å²) in [6, 6.07) is 0. The average molecular weight is 252 g/mol. The molecule has 0 fully saturated rings. The Bertz CT molecular complexity index is 589.